The van der Waals surface area contributed by atoms with Crippen LogP contribution in [0.5, 0.6) is 0 Å². The maximum Gasteiger partial charge on any atom is 0.334 e. The van der Waals surface area contributed by atoms with E-state index in [9.17, 15) is 9.59 Å². The number of unbranched alkanes of at least 4 members (excludes halogenated alkanes) is 23. The average Bonchev–Trinajstić information content (AvgIpc) is 3.23. The zero-order chi connectivity index (χ0) is 27.5. The first-order valence-corrected chi connectivity index (χ1v) is 17.1. The Hall–Kier alpha value is -1.12. The largest absolute Gasteiger partial charge is 0.455 e. The highest BCUT2D eigenvalue weighted by atomic mass is 16.5. The van der Waals surface area contributed by atoms with E-state index >= 15 is 0 Å². The number of ketones is 1. The van der Waals surface area contributed by atoms with Crippen molar-refractivity contribution in [3.63, 3.8) is 0 Å². The van der Waals surface area contributed by atoms with Crippen molar-refractivity contribution in [3.8, 4) is 0 Å². The average molecular weight is 533 g/mol. The summed E-state index contributed by atoms with van der Waals surface area (Å²) in [5, 5.41) is 0. The molecule has 0 aromatic rings. The molecule has 222 valence electrons. The van der Waals surface area contributed by atoms with E-state index < -0.39 is 0 Å². The van der Waals surface area contributed by atoms with Gasteiger partial charge in [0.15, 0.2) is 0 Å². The fraction of sp³-hybridized carbons (Fsp3) is 0.886. The van der Waals surface area contributed by atoms with Gasteiger partial charge in [-0.15, -0.1) is 0 Å². The highest BCUT2D eigenvalue weighted by molar-refractivity contribution is 5.90. The summed E-state index contributed by atoms with van der Waals surface area (Å²) in [6, 6.07) is 0. The number of cyclic esters (lactones) is 1. The highest BCUT2D eigenvalue weighted by Crippen LogP contribution is 2.20. The fourth-order valence-corrected chi connectivity index (χ4v) is 5.69. The van der Waals surface area contributed by atoms with E-state index in [2.05, 4.69) is 6.92 Å². The third kappa shape index (κ3) is 21.8. The highest BCUT2D eigenvalue weighted by Gasteiger charge is 2.21. The lowest BCUT2D eigenvalue weighted by molar-refractivity contribution is -0.139. The summed E-state index contributed by atoms with van der Waals surface area (Å²) in [4.78, 5) is 23.7. The first-order valence-electron chi connectivity index (χ1n) is 17.1. The molecule has 0 N–H and O–H groups in total. The van der Waals surface area contributed by atoms with Gasteiger partial charge in [-0.1, -0.05) is 148 Å². The Morgan fingerprint density at radius 1 is 0.579 bits per heavy atom. The molecule has 0 saturated carbocycles. The third-order valence-corrected chi connectivity index (χ3v) is 8.20. The van der Waals surface area contributed by atoms with Gasteiger partial charge in [-0.2, -0.15) is 0 Å². The Balaban J connectivity index is 1.71. The SMILES string of the molecule is CCCCCCCCCCCCCCCCCC(=O)CCCCCCCCCCCCC1=C[C@@H](C)OC1=O. The lowest BCUT2D eigenvalue weighted by Gasteiger charge is -2.04. The van der Waals surface area contributed by atoms with Crippen LogP contribution in [0.15, 0.2) is 11.6 Å². The van der Waals surface area contributed by atoms with Gasteiger partial charge in [0.2, 0.25) is 0 Å². The summed E-state index contributed by atoms with van der Waals surface area (Å²) in [6.07, 6.45) is 37.5. The minimum atomic E-state index is -0.107. The van der Waals surface area contributed by atoms with E-state index in [0.29, 0.717) is 5.78 Å². The quantitative estimate of drug-likeness (QED) is 0.0710. The van der Waals surface area contributed by atoms with Crippen LogP contribution < -0.4 is 0 Å². The number of rotatable bonds is 29. The molecule has 0 amide bonds. The maximum absolute atomic E-state index is 12.1. The van der Waals surface area contributed by atoms with Crippen molar-refractivity contribution < 1.29 is 14.3 Å². The van der Waals surface area contributed by atoms with Gasteiger partial charge >= 0.3 is 5.97 Å². The van der Waals surface area contributed by atoms with Gasteiger partial charge in [0, 0.05) is 18.4 Å². The molecule has 0 radical (unpaired) electrons. The van der Waals surface area contributed by atoms with Crippen LogP contribution in [0.3, 0.4) is 0 Å². The molecule has 0 aromatic heterocycles. The normalized spacial score (nSPS) is 15.2. The van der Waals surface area contributed by atoms with E-state index in [-0.39, 0.29) is 12.1 Å². The number of ether oxygens (including phenoxy) is 1. The molecule has 0 fully saturated rings. The smallest absolute Gasteiger partial charge is 0.334 e. The lowest BCUT2D eigenvalue weighted by atomic mass is 10.0. The monoisotopic (exact) mass is 532 g/mol. The minimum Gasteiger partial charge on any atom is -0.455 e. The molecule has 1 aliphatic rings. The van der Waals surface area contributed by atoms with Gasteiger partial charge in [-0.3, -0.25) is 4.79 Å². The van der Waals surface area contributed by atoms with Gasteiger partial charge in [-0.25, -0.2) is 4.79 Å². The topological polar surface area (TPSA) is 43.4 Å². The van der Waals surface area contributed by atoms with Crippen LogP contribution in [-0.2, 0) is 14.3 Å². The van der Waals surface area contributed by atoms with Gasteiger partial charge in [0.05, 0.1) is 0 Å². The maximum atomic E-state index is 12.1. The van der Waals surface area contributed by atoms with E-state index in [0.717, 1.165) is 44.1 Å². The molecule has 0 bridgehead atoms. The van der Waals surface area contributed by atoms with Gasteiger partial charge < -0.3 is 4.74 Å². The van der Waals surface area contributed by atoms with Crippen molar-refractivity contribution in [2.45, 2.75) is 200 Å². The second kappa shape index (κ2) is 26.1. The zero-order valence-corrected chi connectivity index (χ0v) is 25.7. The van der Waals surface area contributed by atoms with Gasteiger partial charge in [-0.05, 0) is 38.7 Å². The molecule has 0 aromatic carbocycles. The molecule has 0 aliphatic carbocycles. The molecule has 0 saturated heterocycles. The lowest BCUT2D eigenvalue weighted by Crippen LogP contribution is -2.03. The van der Waals surface area contributed by atoms with Crippen molar-refractivity contribution in [3.05, 3.63) is 11.6 Å². The van der Waals surface area contributed by atoms with Crippen molar-refractivity contribution in [2.75, 3.05) is 0 Å². The van der Waals surface area contributed by atoms with Crippen LogP contribution in [0.25, 0.3) is 0 Å². The van der Waals surface area contributed by atoms with Gasteiger partial charge in [0.1, 0.15) is 11.9 Å². The van der Waals surface area contributed by atoms with Crippen LogP contribution in [0.4, 0.5) is 0 Å². The van der Waals surface area contributed by atoms with E-state index in [1.165, 1.54) is 141 Å². The Morgan fingerprint density at radius 3 is 1.26 bits per heavy atom. The number of carbonyl (C=O) groups is 2. The molecule has 38 heavy (non-hydrogen) atoms. The summed E-state index contributed by atoms with van der Waals surface area (Å²) in [5.41, 5.74) is 0.880. The van der Waals surface area contributed by atoms with Crippen molar-refractivity contribution in [2.24, 2.45) is 0 Å². The molecule has 3 heteroatoms. The second-order valence-electron chi connectivity index (χ2n) is 12.1. The van der Waals surface area contributed by atoms with Crippen LogP contribution in [-0.4, -0.2) is 17.9 Å². The molecule has 1 atom stereocenters. The summed E-state index contributed by atoms with van der Waals surface area (Å²) in [5.74, 6) is 0.389. The molecule has 0 spiro atoms. The summed E-state index contributed by atoms with van der Waals surface area (Å²) in [6.45, 7) is 4.21. The van der Waals surface area contributed by atoms with Crippen LogP contribution in [0.2, 0.25) is 0 Å². The van der Waals surface area contributed by atoms with Gasteiger partial charge in [0.25, 0.3) is 0 Å². The molecule has 1 heterocycles. The fourth-order valence-electron chi connectivity index (χ4n) is 5.69. The Morgan fingerprint density at radius 2 is 0.921 bits per heavy atom. The number of carbonyl (C=O) groups excluding carboxylic acids is 2. The van der Waals surface area contributed by atoms with Crippen molar-refractivity contribution >= 4 is 11.8 Å². The second-order valence-corrected chi connectivity index (χ2v) is 12.1. The molecule has 1 rings (SSSR count). The summed E-state index contributed by atoms with van der Waals surface area (Å²) < 4.78 is 5.14. The predicted octanol–water partition coefficient (Wildman–Crippen LogP) is 11.4. The molecule has 0 unspecified atom stereocenters. The zero-order valence-electron chi connectivity index (χ0n) is 25.7. The first-order chi connectivity index (χ1) is 18.6. The summed E-state index contributed by atoms with van der Waals surface area (Å²) in [7, 11) is 0. The Labute approximate surface area is 237 Å². The first kappa shape index (κ1) is 34.9. The molecule has 3 nitrogen and oxygen atoms in total. The minimum absolute atomic E-state index is 0.0330. The van der Waals surface area contributed by atoms with E-state index in [4.69, 9.17) is 4.74 Å². The Kier molecular flexibility index (Phi) is 24.0. The van der Waals surface area contributed by atoms with E-state index in [1.807, 2.05) is 13.0 Å². The number of hydrogen-bond acceptors (Lipinski definition) is 3. The van der Waals surface area contributed by atoms with Crippen LogP contribution >= 0.6 is 0 Å². The number of esters is 1. The molecular weight excluding hydrogens is 468 g/mol. The number of Topliss-reactive ketones (excluding diaryl/α,β-unsaturated/α-hetero) is 1. The standard InChI is InChI=1S/C35H64O3/c1-3-4-5-6-7-8-9-10-11-12-13-17-20-23-26-29-34(36)30-27-24-21-18-15-14-16-19-22-25-28-33-31-32(2)38-35(33)37/h31-32H,3-30H2,1-2H3/t32-/m1/s1. The van der Waals surface area contributed by atoms with Crippen molar-refractivity contribution in [1.29, 1.82) is 0 Å². The number of hydrogen-bond donors (Lipinski definition) is 0. The molecular formula is C35H64O3. The predicted molar refractivity (Wildman–Crippen MR) is 164 cm³/mol. The molecule has 1 aliphatic heterocycles. The third-order valence-electron chi connectivity index (χ3n) is 8.20. The van der Waals surface area contributed by atoms with Crippen LogP contribution in [0.1, 0.15) is 194 Å². The van der Waals surface area contributed by atoms with Crippen LogP contribution in [0, 0.1) is 0 Å². The summed E-state index contributed by atoms with van der Waals surface area (Å²) >= 11 is 0. The van der Waals surface area contributed by atoms with Crippen molar-refractivity contribution in [1.82, 2.24) is 0 Å². The van der Waals surface area contributed by atoms with E-state index in [1.54, 1.807) is 0 Å². The Bertz CT molecular complexity index is 594.